The van der Waals surface area contributed by atoms with E-state index in [0.29, 0.717) is 12.0 Å². The molecule has 1 N–H and O–H groups in total. The molecule has 2 rings (SSSR count). The van der Waals surface area contributed by atoms with Crippen molar-refractivity contribution in [1.82, 2.24) is 5.32 Å². The van der Waals surface area contributed by atoms with Gasteiger partial charge in [-0.1, -0.05) is 0 Å². The number of nitrogens with one attached hydrogen (secondary N) is 1. The second-order valence-electron chi connectivity index (χ2n) is 3.54. The van der Waals surface area contributed by atoms with Crippen molar-refractivity contribution < 1.29 is 4.39 Å². The van der Waals surface area contributed by atoms with Gasteiger partial charge in [0.25, 0.3) is 0 Å². The molecule has 2 saturated carbocycles. The van der Waals surface area contributed by atoms with Gasteiger partial charge in [0.2, 0.25) is 0 Å². The molecule has 0 aromatic carbocycles. The summed E-state index contributed by atoms with van der Waals surface area (Å²) in [6, 6.07) is 0.869. The van der Waals surface area contributed by atoms with Crippen LogP contribution in [0.5, 0.6) is 0 Å². The Morgan fingerprint density at radius 1 is 1.30 bits per heavy atom. The van der Waals surface area contributed by atoms with Gasteiger partial charge < -0.3 is 5.32 Å². The number of halogens is 1. The van der Waals surface area contributed by atoms with E-state index in [4.69, 9.17) is 0 Å². The van der Waals surface area contributed by atoms with E-state index >= 15 is 0 Å². The van der Waals surface area contributed by atoms with Gasteiger partial charge in [0.05, 0.1) is 0 Å². The molecule has 0 bridgehead atoms. The summed E-state index contributed by atoms with van der Waals surface area (Å²) in [5.41, 5.74) is 0. The first kappa shape index (κ1) is 6.59. The normalized spacial score (nSPS) is 28.5. The van der Waals surface area contributed by atoms with Crippen LogP contribution in [-0.4, -0.2) is 18.8 Å². The molecule has 0 saturated heterocycles. The quantitative estimate of drug-likeness (QED) is 0.628. The SMILES string of the molecule is FCC(NC1CC1)C1CC1. The molecule has 0 spiro atoms. The van der Waals surface area contributed by atoms with Crippen molar-refractivity contribution in [2.75, 3.05) is 6.67 Å². The maximum absolute atomic E-state index is 12.3. The fraction of sp³-hybridized carbons (Fsp3) is 1.00. The highest BCUT2D eigenvalue weighted by atomic mass is 19.1. The van der Waals surface area contributed by atoms with Gasteiger partial charge in [-0.15, -0.1) is 0 Å². The van der Waals surface area contributed by atoms with Crippen molar-refractivity contribution in [2.45, 2.75) is 37.8 Å². The van der Waals surface area contributed by atoms with Crippen LogP contribution in [0.4, 0.5) is 4.39 Å². The van der Waals surface area contributed by atoms with E-state index in [1.165, 1.54) is 25.7 Å². The van der Waals surface area contributed by atoms with Gasteiger partial charge in [-0.2, -0.15) is 0 Å². The van der Waals surface area contributed by atoms with E-state index in [0.717, 1.165) is 0 Å². The van der Waals surface area contributed by atoms with E-state index < -0.39 is 0 Å². The third-order valence-electron chi connectivity index (χ3n) is 2.38. The first-order valence-corrected chi connectivity index (χ1v) is 4.22. The standard InChI is InChI=1S/C8H14FN/c9-5-8(6-1-2-6)10-7-3-4-7/h6-8,10H,1-5H2. The van der Waals surface area contributed by atoms with Crippen molar-refractivity contribution in [3.63, 3.8) is 0 Å². The van der Waals surface area contributed by atoms with Crippen LogP contribution in [0.3, 0.4) is 0 Å². The van der Waals surface area contributed by atoms with E-state index in [2.05, 4.69) is 5.32 Å². The molecule has 2 aliphatic carbocycles. The molecule has 58 valence electrons. The Morgan fingerprint density at radius 3 is 2.40 bits per heavy atom. The van der Waals surface area contributed by atoms with E-state index in [1.807, 2.05) is 0 Å². The van der Waals surface area contributed by atoms with Gasteiger partial charge in [-0.05, 0) is 31.6 Å². The van der Waals surface area contributed by atoms with Crippen LogP contribution in [0.15, 0.2) is 0 Å². The minimum absolute atomic E-state index is 0.166. The second-order valence-corrected chi connectivity index (χ2v) is 3.54. The average Bonchev–Trinajstić information content (AvgIpc) is 2.76. The van der Waals surface area contributed by atoms with Crippen molar-refractivity contribution >= 4 is 0 Å². The van der Waals surface area contributed by atoms with Crippen molar-refractivity contribution in [3.05, 3.63) is 0 Å². The molecule has 2 aliphatic rings. The monoisotopic (exact) mass is 143 g/mol. The molecule has 1 unspecified atom stereocenters. The van der Waals surface area contributed by atoms with Crippen molar-refractivity contribution in [1.29, 1.82) is 0 Å². The zero-order valence-corrected chi connectivity index (χ0v) is 6.15. The molecule has 0 aliphatic heterocycles. The largest absolute Gasteiger partial charge is 0.308 e. The van der Waals surface area contributed by atoms with Crippen LogP contribution < -0.4 is 5.32 Å². The van der Waals surface area contributed by atoms with Crippen molar-refractivity contribution in [2.24, 2.45) is 5.92 Å². The number of hydrogen-bond donors (Lipinski definition) is 1. The zero-order chi connectivity index (χ0) is 6.97. The van der Waals surface area contributed by atoms with Gasteiger partial charge in [-0.25, -0.2) is 4.39 Å². The van der Waals surface area contributed by atoms with Gasteiger partial charge in [-0.3, -0.25) is 0 Å². The third kappa shape index (κ3) is 1.48. The predicted molar refractivity (Wildman–Crippen MR) is 38.6 cm³/mol. The Bertz CT molecular complexity index is 118. The molecule has 1 nitrogen and oxygen atoms in total. The van der Waals surface area contributed by atoms with Crippen molar-refractivity contribution in [3.8, 4) is 0 Å². The maximum Gasteiger partial charge on any atom is 0.105 e. The average molecular weight is 143 g/mol. The van der Waals surface area contributed by atoms with Gasteiger partial charge in [0, 0.05) is 12.1 Å². The summed E-state index contributed by atoms with van der Waals surface area (Å²) >= 11 is 0. The Labute approximate surface area is 61.0 Å². The van der Waals surface area contributed by atoms with E-state index in [9.17, 15) is 4.39 Å². The molecule has 0 amide bonds. The highest BCUT2D eigenvalue weighted by Gasteiger charge is 2.34. The minimum atomic E-state index is -0.166. The van der Waals surface area contributed by atoms with Crippen LogP contribution in [0, 0.1) is 5.92 Å². The smallest absolute Gasteiger partial charge is 0.105 e. The Hall–Kier alpha value is -0.110. The lowest BCUT2D eigenvalue weighted by Crippen LogP contribution is -2.34. The van der Waals surface area contributed by atoms with Crippen LogP contribution in [-0.2, 0) is 0 Å². The maximum atomic E-state index is 12.3. The highest BCUT2D eigenvalue weighted by molar-refractivity contribution is 4.92. The lowest BCUT2D eigenvalue weighted by molar-refractivity contribution is 0.344. The summed E-state index contributed by atoms with van der Waals surface area (Å²) in [5, 5.41) is 3.33. The molecule has 0 radical (unpaired) electrons. The zero-order valence-electron chi connectivity index (χ0n) is 6.15. The summed E-state index contributed by atoms with van der Waals surface area (Å²) in [6.07, 6.45) is 5.02. The first-order valence-electron chi connectivity index (χ1n) is 4.22. The molecule has 0 aromatic rings. The van der Waals surface area contributed by atoms with Gasteiger partial charge >= 0.3 is 0 Å². The van der Waals surface area contributed by atoms with Gasteiger partial charge in [0.1, 0.15) is 6.67 Å². The summed E-state index contributed by atoms with van der Waals surface area (Å²) in [5.74, 6) is 0.672. The second kappa shape index (κ2) is 2.50. The Balaban J connectivity index is 1.73. The lowest BCUT2D eigenvalue weighted by Gasteiger charge is -2.12. The fourth-order valence-corrected chi connectivity index (χ4v) is 1.36. The molecule has 2 heteroatoms. The molecule has 0 aromatic heterocycles. The Morgan fingerprint density at radius 2 is 2.00 bits per heavy atom. The minimum Gasteiger partial charge on any atom is -0.308 e. The molecule has 1 atom stereocenters. The number of alkyl halides is 1. The summed E-state index contributed by atoms with van der Waals surface area (Å²) in [4.78, 5) is 0. The van der Waals surface area contributed by atoms with E-state index in [1.54, 1.807) is 0 Å². The molecular formula is C8H14FN. The third-order valence-corrected chi connectivity index (χ3v) is 2.38. The van der Waals surface area contributed by atoms with E-state index in [-0.39, 0.29) is 12.7 Å². The fourth-order valence-electron chi connectivity index (χ4n) is 1.36. The number of hydrogen-bond acceptors (Lipinski definition) is 1. The first-order chi connectivity index (χ1) is 4.90. The lowest BCUT2D eigenvalue weighted by atomic mass is 10.2. The topological polar surface area (TPSA) is 12.0 Å². The summed E-state index contributed by atoms with van der Waals surface area (Å²) in [6.45, 7) is -0.166. The van der Waals surface area contributed by atoms with Crippen LogP contribution in [0.1, 0.15) is 25.7 Å². The van der Waals surface area contributed by atoms with Crippen LogP contribution >= 0.6 is 0 Å². The Kier molecular flexibility index (Phi) is 1.65. The van der Waals surface area contributed by atoms with Crippen LogP contribution in [0.25, 0.3) is 0 Å². The molecular weight excluding hydrogens is 129 g/mol. The van der Waals surface area contributed by atoms with Gasteiger partial charge in [0.15, 0.2) is 0 Å². The molecule has 2 fully saturated rings. The predicted octanol–water partition coefficient (Wildman–Crippen LogP) is 1.49. The summed E-state index contributed by atoms with van der Waals surface area (Å²) in [7, 11) is 0. The number of rotatable bonds is 4. The summed E-state index contributed by atoms with van der Waals surface area (Å²) < 4.78 is 12.3. The molecule has 0 heterocycles. The molecule has 10 heavy (non-hydrogen) atoms. The highest BCUT2D eigenvalue weighted by Crippen LogP contribution is 2.34. The van der Waals surface area contributed by atoms with Crippen LogP contribution in [0.2, 0.25) is 0 Å².